The molecule has 4 heterocycles. The van der Waals surface area contributed by atoms with Crippen molar-refractivity contribution < 1.29 is 14.4 Å². The molecular weight excluding hydrogens is 382 g/mol. The molecule has 2 aliphatic rings. The number of pyridine rings is 1. The van der Waals surface area contributed by atoms with Crippen molar-refractivity contribution in [2.75, 3.05) is 18.0 Å². The fraction of sp³-hybridized carbons (Fsp3) is 0.545. The molecule has 8 nitrogen and oxygen atoms in total. The van der Waals surface area contributed by atoms with Crippen LogP contribution in [-0.4, -0.2) is 51.5 Å². The number of anilines is 1. The summed E-state index contributed by atoms with van der Waals surface area (Å²) in [7, 11) is 0. The lowest BCUT2D eigenvalue weighted by Crippen LogP contribution is -2.49. The monoisotopic (exact) mass is 411 g/mol. The molecule has 2 aliphatic heterocycles. The van der Waals surface area contributed by atoms with Crippen LogP contribution in [-0.2, 0) is 16.0 Å². The lowest BCUT2D eigenvalue weighted by Gasteiger charge is -2.38. The van der Waals surface area contributed by atoms with Crippen LogP contribution < -0.4 is 10.2 Å². The lowest BCUT2D eigenvalue weighted by molar-refractivity contribution is -0.138. The van der Waals surface area contributed by atoms with Gasteiger partial charge in [0.2, 0.25) is 11.8 Å². The number of nitrogens with one attached hydrogen (secondary N) is 1. The Hall–Kier alpha value is -2.90. The average molecular weight is 412 g/mol. The summed E-state index contributed by atoms with van der Waals surface area (Å²) in [5, 5.41) is 6.73. The number of hydrogen-bond acceptors (Lipinski definition) is 4. The van der Waals surface area contributed by atoms with Crippen molar-refractivity contribution in [3.63, 3.8) is 0 Å². The van der Waals surface area contributed by atoms with E-state index in [0.29, 0.717) is 18.2 Å². The number of amides is 4. The summed E-state index contributed by atoms with van der Waals surface area (Å²) in [4.78, 5) is 39.7. The van der Waals surface area contributed by atoms with Gasteiger partial charge in [-0.1, -0.05) is 13.8 Å². The van der Waals surface area contributed by atoms with E-state index in [1.165, 1.54) is 5.56 Å². The van der Waals surface area contributed by atoms with Crippen LogP contribution >= 0.6 is 0 Å². The second-order valence-corrected chi connectivity index (χ2v) is 8.78. The SMILES string of the molecule is CC(C)C(=O)N1CC[C@@H](Cc2ccn3ncc(N4CCC(=O)NC4=O)c3c2)C[C@@H]1C. The predicted octanol–water partition coefficient (Wildman–Crippen LogP) is 2.61. The van der Waals surface area contributed by atoms with Gasteiger partial charge in [0.25, 0.3) is 0 Å². The summed E-state index contributed by atoms with van der Waals surface area (Å²) in [5.74, 6) is 0.546. The van der Waals surface area contributed by atoms with Gasteiger partial charge in [-0.2, -0.15) is 5.10 Å². The fourth-order valence-electron chi connectivity index (χ4n) is 4.59. The Bertz CT molecular complexity index is 982. The molecule has 8 heteroatoms. The first kappa shape index (κ1) is 20.4. The van der Waals surface area contributed by atoms with Crippen molar-refractivity contribution >= 4 is 29.0 Å². The van der Waals surface area contributed by atoms with E-state index in [0.717, 1.165) is 31.3 Å². The minimum Gasteiger partial charge on any atom is -0.340 e. The van der Waals surface area contributed by atoms with E-state index >= 15 is 0 Å². The van der Waals surface area contributed by atoms with E-state index in [1.54, 1.807) is 15.6 Å². The normalized spacial score (nSPS) is 22.7. The molecular formula is C22H29N5O3. The molecule has 0 spiro atoms. The largest absolute Gasteiger partial charge is 0.340 e. The van der Waals surface area contributed by atoms with Gasteiger partial charge >= 0.3 is 6.03 Å². The van der Waals surface area contributed by atoms with Crippen LogP contribution in [0.1, 0.15) is 45.6 Å². The number of piperidine rings is 1. The number of urea groups is 1. The molecule has 4 rings (SSSR count). The predicted molar refractivity (Wildman–Crippen MR) is 113 cm³/mol. The number of carbonyl (C=O) groups is 3. The Labute approximate surface area is 176 Å². The molecule has 0 unspecified atom stereocenters. The van der Waals surface area contributed by atoms with Gasteiger partial charge in [0.15, 0.2) is 0 Å². The maximum Gasteiger partial charge on any atom is 0.328 e. The summed E-state index contributed by atoms with van der Waals surface area (Å²) < 4.78 is 1.76. The Kier molecular flexibility index (Phi) is 5.49. The second kappa shape index (κ2) is 8.08. The highest BCUT2D eigenvalue weighted by atomic mass is 16.2. The van der Waals surface area contributed by atoms with Crippen molar-refractivity contribution in [3.8, 4) is 0 Å². The molecule has 2 aromatic rings. The highest BCUT2D eigenvalue weighted by molar-refractivity contribution is 6.07. The van der Waals surface area contributed by atoms with Crippen LogP contribution in [0.4, 0.5) is 10.5 Å². The highest BCUT2D eigenvalue weighted by Crippen LogP contribution is 2.29. The zero-order chi connectivity index (χ0) is 21.4. The topological polar surface area (TPSA) is 87.0 Å². The summed E-state index contributed by atoms with van der Waals surface area (Å²) >= 11 is 0. The number of hydrogen-bond donors (Lipinski definition) is 1. The molecule has 2 aromatic heterocycles. The van der Waals surface area contributed by atoms with E-state index in [-0.39, 0.29) is 30.2 Å². The first-order valence-corrected chi connectivity index (χ1v) is 10.7. The Balaban J connectivity index is 1.49. The third-order valence-electron chi connectivity index (χ3n) is 6.20. The van der Waals surface area contributed by atoms with E-state index in [1.807, 2.05) is 24.9 Å². The van der Waals surface area contributed by atoms with Gasteiger partial charge in [-0.15, -0.1) is 0 Å². The van der Waals surface area contributed by atoms with Gasteiger partial charge in [-0.05, 0) is 49.8 Å². The standard InChI is InChI=1S/C22H29N5O3/c1-14(2)21(29)25-7-4-16(10-15(25)3)11-17-5-9-27-18(12-17)19(13-23-27)26-8-6-20(28)24-22(26)30/h5,9,12-16H,4,6-8,10-11H2,1-3H3,(H,24,28,30)/t15-,16+/m0/s1. The summed E-state index contributed by atoms with van der Waals surface area (Å²) in [6, 6.07) is 4.01. The highest BCUT2D eigenvalue weighted by Gasteiger charge is 2.30. The van der Waals surface area contributed by atoms with Crippen molar-refractivity contribution in [1.29, 1.82) is 0 Å². The van der Waals surface area contributed by atoms with Crippen LogP contribution in [0.2, 0.25) is 0 Å². The quantitative estimate of drug-likeness (QED) is 0.838. The van der Waals surface area contributed by atoms with Crippen molar-refractivity contribution in [2.24, 2.45) is 11.8 Å². The van der Waals surface area contributed by atoms with Crippen molar-refractivity contribution in [3.05, 3.63) is 30.1 Å². The number of fused-ring (bicyclic) bond motifs is 1. The third kappa shape index (κ3) is 3.91. The third-order valence-corrected chi connectivity index (χ3v) is 6.20. The molecule has 4 amide bonds. The maximum absolute atomic E-state index is 12.4. The Morgan fingerprint density at radius 3 is 2.80 bits per heavy atom. The molecule has 0 aromatic carbocycles. The molecule has 2 fully saturated rings. The van der Waals surface area contributed by atoms with Gasteiger partial charge in [0.05, 0.1) is 17.4 Å². The number of imide groups is 1. The van der Waals surface area contributed by atoms with Gasteiger partial charge in [0.1, 0.15) is 0 Å². The number of aromatic nitrogens is 2. The maximum atomic E-state index is 12.4. The zero-order valence-corrected chi connectivity index (χ0v) is 17.8. The first-order valence-electron chi connectivity index (χ1n) is 10.7. The Morgan fingerprint density at radius 2 is 2.10 bits per heavy atom. The number of likely N-dealkylation sites (tertiary alicyclic amines) is 1. The van der Waals surface area contributed by atoms with Crippen molar-refractivity contribution in [1.82, 2.24) is 19.8 Å². The molecule has 0 saturated carbocycles. The minimum atomic E-state index is -0.400. The lowest BCUT2D eigenvalue weighted by atomic mass is 9.86. The first-order chi connectivity index (χ1) is 14.3. The summed E-state index contributed by atoms with van der Waals surface area (Å²) in [5.41, 5.74) is 2.77. The fourth-order valence-corrected chi connectivity index (χ4v) is 4.59. The molecule has 2 atom stereocenters. The van der Waals surface area contributed by atoms with Gasteiger partial charge in [0, 0.05) is 37.7 Å². The smallest absolute Gasteiger partial charge is 0.328 e. The van der Waals surface area contributed by atoms with Gasteiger partial charge in [-0.25, -0.2) is 9.31 Å². The van der Waals surface area contributed by atoms with E-state index in [4.69, 9.17) is 0 Å². The van der Waals surface area contributed by atoms with Crippen LogP contribution in [0.5, 0.6) is 0 Å². The van der Waals surface area contributed by atoms with E-state index in [2.05, 4.69) is 29.5 Å². The number of rotatable bonds is 4. The zero-order valence-electron chi connectivity index (χ0n) is 17.8. The Morgan fingerprint density at radius 1 is 1.30 bits per heavy atom. The van der Waals surface area contributed by atoms with Crippen LogP contribution in [0, 0.1) is 11.8 Å². The molecule has 0 aliphatic carbocycles. The molecule has 2 saturated heterocycles. The summed E-state index contributed by atoms with van der Waals surface area (Å²) in [6.07, 6.45) is 6.80. The molecule has 0 bridgehead atoms. The van der Waals surface area contributed by atoms with Crippen molar-refractivity contribution in [2.45, 2.75) is 52.5 Å². The van der Waals surface area contributed by atoms with Gasteiger partial charge < -0.3 is 4.90 Å². The minimum absolute atomic E-state index is 0.0361. The molecule has 30 heavy (non-hydrogen) atoms. The van der Waals surface area contributed by atoms with Crippen LogP contribution in [0.25, 0.3) is 5.52 Å². The summed E-state index contributed by atoms with van der Waals surface area (Å²) in [6.45, 7) is 7.22. The van der Waals surface area contributed by atoms with E-state index < -0.39 is 6.03 Å². The molecule has 1 N–H and O–H groups in total. The number of carbonyl (C=O) groups excluding carboxylic acids is 3. The second-order valence-electron chi connectivity index (χ2n) is 8.78. The van der Waals surface area contributed by atoms with Gasteiger partial charge in [-0.3, -0.25) is 19.8 Å². The number of nitrogens with zero attached hydrogens (tertiary/aromatic N) is 4. The van der Waals surface area contributed by atoms with Crippen LogP contribution in [0.15, 0.2) is 24.5 Å². The average Bonchev–Trinajstić information content (AvgIpc) is 3.10. The molecule has 160 valence electrons. The van der Waals surface area contributed by atoms with E-state index in [9.17, 15) is 14.4 Å². The van der Waals surface area contributed by atoms with Crippen LogP contribution in [0.3, 0.4) is 0 Å². The molecule has 0 radical (unpaired) electrons.